The molecule has 1 amide bonds. The van der Waals surface area contributed by atoms with Gasteiger partial charge in [0.25, 0.3) is 0 Å². The number of carbonyl (C=O) groups is 1. The zero-order valence-corrected chi connectivity index (χ0v) is 13.5. The van der Waals surface area contributed by atoms with E-state index in [1.807, 2.05) is 29.2 Å². The number of aromatic nitrogens is 2. The van der Waals surface area contributed by atoms with Gasteiger partial charge in [0.15, 0.2) is 5.82 Å². The Hall–Kier alpha value is -2.37. The van der Waals surface area contributed by atoms with Crippen molar-refractivity contribution >= 4 is 5.91 Å². The predicted molar refractivity (Wildman–Crippen MR) is 83.8 cm³/mol. The summed E-state index contributed by atoms with van der Waals surface area (Å²) < 4.78 is 10.5. The van der Waals surface area contributed by atoms with Crippen LogP contribution in [0.2, 0.25) is 0 Å². The van der Waals surface area contributed by atoms with Crippen LogP contribution in [0.5, 0.6) is 5.75 Å². The Kier molecular flexibility index (Phi) is 4.60. The Morgan fingerprint density at radius 1 is 1.35 bits per heavy atom. The molecule has 6 nitrogen and oxygen atoms in total. The van der Waals surface area contributed by atoms with Gasteiger partial charge in [-0.2, -0.15) is 4.98 Å². The lowest BCUT2D eigenvalue weighted by Crippen LogP contribution is -2.27. The van der Waals surface area contributed by atoms with Crippen molar-refractivity contribution in [3.8, 4) is 5.75 Å². The molecular weight excluding hydrogens is 294 g/mol. The molecule has 0 saturated carbocycles. The lowest BCUT2D eigenvalue weighted by molar-refractivity contribution is -0.129. The number of rotatable bonds is 6. The number of amides is 1. The van der Waals surface area contributed by atoms with Gasteiger partial charge in [-0.3, -0.25) is 4.79 Å². The fraction of sp³-hybridized carbons (Fsp3) is 0.471. The van der Waals surface area contributed by atoms with Gasteiger partial charge in [-0.05, 0) is 30.5 Å². The van der Waals surface area contributed by atoms with Crippen molar-refractivity contribution in [2.75, 3.05) is 7.11 Å². The highest BCUT2D eigenvalue weighted by molar-refractivity contribution is 5.78. The van der Waals surface area contributed by atoms with Gasteiger partial charge in [0.05, 0.1) is 7.11 Å². The summed E-state index contributed by atoms with van der Waals surface area (Å²) in [6.07, 6.45) is 3.01. The molecule has 0 bridgehead atoms. The highest BCUT2D eigenvalue weighted by Gasteiger charge is 2.35. The second-order valence-corrected chi connectivity index (χ2v) is 5.72. The van der Waals surface area contributed by atoms with Crippen LogP contribution in [0.3, 0.4) is 0 Å². The second-order valence-electron chi connectivity index (χ2n) is 5.72. The van der Waals surface area contributed by atoms with Crippen LogP contribution in [-0.2, 0) is 17.8 Å². The van der Waals surface area contributed by atoms with E-state index in [1.165, 1.54) is 0 Å². The van der Waals surface area contributed by atoms with Crippen molar-refractivity contribution in [2.45, 2.75) is 45.2 Å². The minimum Gasteiger partial charge on any atom is -0.497 e. The van der Waals surface area contributed by atoms with Gasteiger partial charge >= 0.3 is 0 Å². The third-order valence-electron chi connectivity index (χ3n) is 4.08. The van der Waals surface area contributed by atoms with E-state index in [0.717, 1.165) is 30.6 Å². The van der Waals surface area contributed by atoms with Crippen LogP contribution < -0.4 is 4.74 Å². The maximum absolute atomic E-state index is 12.2. The molecule has 1 aromatic heterocycles. The zero-order chi connectivity index (χ0) is 16.2. The monoisotopic (exact) mass is 315 g/mol. The lowest BCUT2D eigenvalue weighted by atomic mass is 10.1. The first-order valence-electron chi connectivity index (χ1n) is 7.96. The molecule has 1 aliphatic heterocycles. The van der Waals surface area contributed by atoms with Gasteiger partial charge in [0, 0.05) is 19.4 Å². The smallest absolute Gasteiger partial charge is 0.249 e. The van der Waals surface area contributed by atoms with Gasteiger partial charge in [-0.25, -0.2) is 0 Å². The quantitative estimate of drug-likeness (QED) is 0.820. The summed E-state index contributed by atoms with van der Waals surface area (Å²) >= 11 is 0. The van der Waals surface area contributed by atoms with Crippen molar-refractivity contribution < 1.29 is 14.1 Å². The highest BCUT2D eigenvalue weighted by atomic mass is 16.5. The number of carbonyl (C=O) groups excluding carboxylic acids is 1. The number of hydrogen-bond donors (Lipinski definition) is 0. The van der Waals surface area contributed by atoms with Crippen LogP contribution in [0, 0.1) is 0 Å². The molecule has 2 aromatic rings. The third kappa shape index (κ3) is 3.36. The molecule has 0 spiro atoms. The van der Waals surface area contributed by atoms with E-state index in [0.29, 0.717) is 24.7 Å². The van der Waals surface area contributed by atoms with E-state index in [4.69, 9.17) is 9.26 Å². The summed E-state index contributed by atoms with van der Waals surface area (Å²) in [6.45, 7) is 2.62. The van der Waals surface area contributed by atoms with Gasteiger partial charge in [0.1, 0.15) is 11.8 Å². The molecule has 0 radical (unpaired) electrons. The van der Waals surface area contributed by atoms with E-state index >= 15 is 0 Å². The molecule has 0 aliphatic carbocycles. The van der Waals surface area contributed by atoms with Crippen molar-refractivity contribution in [2.24, 2.45) is 0 Å². The SMILES string of the molecule is CCCc1noc(C2CCC(=O)N2Cc2ccc(OC)cc2)n1. The molecule has 1 saturated heterocycles. The van der Waals surface area contributed by atoms with Crippen molar-refractivity contribution in [1.82, 2.24) is 15.0 Å². The van der Waals surface area contributed by atoms with Crippen LogP contribution in [0.4, 0.5) is 0 Å². The Balaban J connectivity index is 1.75. The number of methoxy groups -OCH3 is 1. The van der Waals surface area contributed by atoms with Crippen molar-refractivity contribution in [1.29, 1.82) is 0 Å². The summed E-state index contributed by atoms with van der Waals surface area (Å²) in [5, 5.41) is 4.00. The topological polar surface area (TPSA) is 68.5 Å². The normalized spacial score (nSPS) is 17.7. The van der Waals surface area contributed by atoms with Crippen LogP contribution >= 0.6 is 0 Å². The second kappa shape index (κ2) is 6.81. The molecule has 1 unspecified atom stereocenters. The van der Waals surface area contributed by atoms with E-state index in [-0.39, 0.29) is 11.9 Å². The molecule has 122 valence electrons. The fourth-order valence-electron chi connectivity index (χ4n) is 2.84. The summed E-state index contributed by atoms with van der Waals surface area (Å²) in [7, 11) is 1.64. The molecule has 23 heavy (non-hydrogen) atoms. The summed E-state index contributed by atoms with van der Waals surface area (Å²) in [5.74, 6) is 2.19. The zero-order valence-electron chi connectivity index (χ0n) is 13.5. The van der Waals surface area contributed by atoms with Crippen LogP contribution in [0.25, 0.3) is 0 Å². The van der Waals surface area contributed by atoms with Crippen LogP contribution in [0.1, 0.15) is 49.5 Å². The number of nitrogens with zero attached hydrogens (tertiary/aromatic N) is 3. The maximum atomic E-state index is 12.2. The molecule has 0 N–H and O–H groups in total. The molecular formula is C17H21N3O3. The minimum atomic E-state index is -0.122. The summed E-state index contributed by atoms with van der Waals surface area (Å²) in [5.41, 5.74) is 1.05. The van der Waals surface area contributed by atoms with Gasteiger partial charge in [0.2, 0.25) is 11.8 Å². The molecule has 1 atom stereocenters. The van der Waals surface area contributed by atoms with Crippen molar-refractivity contribution in [3.05, 3.63) is 41.5 Å². The lowest BCUT2D eigenvalue weighted by Gasteiger charge is -2.22. The first kappa shape index (κ1) is 15.5. The average Bonchev–Trinajstić information content (AvgIpc) is 3.16. The maximum Gasteiger partial charge on any atom is 0.249 e. The predicted octanol–water partition coefficient (Wildman–Crippen LogP) is 2.89. The molecule has 1 aromatic carbocycles. The average molecular weight is 315 g/mol. The largest absolute Gasteiger partial charge is 0.497 e. The van der Waals surface area contributed by atoms with Gasteiger partial charge in [-0.15, -0.1) is 0 Å². The van der Waals surface area contributed by atoms with Gasteiger partial charge in [-0.1, -0.05) is 24.2 Å². The molecule has 2 heterocycles. The Labute approximate surface area is 135 Å². The van der Waals surface area contributed by atoms with Gasteiger partial charge < -0.3 is 14.2 Å². The molecule has 1 fully saturated rings. The van der Waals surface area contributed by atoms with Crippen LogP contribution in [-0.4, -0.2) is 28.1 Å². The highest BCUT2D eigenvalue weighted by Crippen LogP contribution is 2.33. The Morgan fingerprint density at radius 2 is 2.13 bits per heavy atom. The molecule has 3 rings (SSSR count). The number of likely N-dealkylation sites (tertiary alicyclic amines) is 1. The standard InChI is InChI=1S/C17H21N3O3/c1-3-4-15-18-17(23-19-15)14-9-10-16(21)20(14)11-12-5-7-13(22-2)8-6-12/h5-8,14H,3-4,9-11H2,1-2H3. The summed E-state index contributed by atoms with van der Waals surface area (Å²) in [6, 6.07) is 7.62. The number of aryl methyl sites for hydroxylation is 1. The molecule has 6 heteroatoms. The number of benzene rings is 1. The Bertz CT molecular complexity index is 666. The first-order valence-corrected chi connectivity index (χ1v) is 7.96. The van der Waals surface area contributed by atoms with E-state index in [2.05, 4.69) is 17.1 Å². The number of hydrogen-bond acceptors (Lipinski definition) is 5. The fourth-order valence-corrected chi connectivity index (χ4v) is 2.84. The Morgan fingerprint density at radius 3 is 2.83 bits per heavy atom. The molecule has 1 aliphatic rings. The van der Waals surface area contributed by atoms with E-state index in [1.54, 1.807) is 7.11 Å². The first-order chi connectivity index (χ1) is 11.2. The summed E-state index contributed by atoms with van der Waals surface area (Å²) in [4.78, 5) is 18.5. The minimum absolute atomic E-state index is 0.122. The number of ether oxygens (including phenoxy) is 1. The third-order valence-corrected chi connectivity index (χ3v) is 4.08. The van der Waals surface area contributed by atoms with E-state index in [9.17, 15) is 4.79 Å². The van der Waals surface area contributed by atoms with Crippen LogP contribution in [0.15, 0.2) is 28.8 Å². The van der Waals surface area contributed by atoms with Crippen molar-refractivity contribution in [3.63, 3.8) is 0 Å². The van der Waals surface area contributed by atoms with E-state index < -0.39 is 0 Å².